The minimum Gasteiger partial charge on any atom is -0.308 e. The van der Waals surface area contributed by atoms with Gasteiger partial charge in [0.15, 0.2) is 5.65 Å². The molecule has 1 aliphatic carbocycles. The van der Waals surface area contributed by atoms with Gasteiger partial charge in [-0.05, 0) is 38.5 Å². The van der Waals surface area contributed by atoms with Crippen LogP contribution in [0.2, 0.25) is 5.02 Å². The quantitative estimate of drug-likeness (QED) is 0.755. The zero-order valence-corrected chi connectivity index (χ0v) is 13.8. The fourth-order valence-corrected chi connectivity index (χ4v) is 4.07. The second-order valence-corrected chi connectivity index (χ2v) is 7.51. The highest BCUT2D eigenvalue weighted by Gasteiger charge is 2.29. The van der Waals surface area contributed by atoms with Gasteiger partial charge in [0.25, 0.3) is 0 Å². The van der Waals surface area contributed by atoms with E-state index in [2.05, 4.69) is 20.8 Å². The van der Waals surface area contributed by atoms with Crippen molar-refractivity contribution in [3.63, 3.8) is 0 Å². The summed E-state index contributed by atoms with van der Waals surface area (Å²) in [4.78, 5) is 9.13. The van der Waals surface area contributed by atoms with Crippen molar-refractivity contribution < 1.29 is 0 Å². The molecule has 0 aliphatic heterocycles. The van der Waals surface area contributed by atoms with Crippen molar-refractivity contribution in [2.45, 2.75) is 42.9 Å². The second-order valence-electron chi connectivity index (χ2n) is 5.28. The summed E-state index contributed by atoms with van der Waals surface area (Å²) in [5, 5.41) is 1.21. The Morgan fingerprint density at radius 3 is 2.90 bits per heavy atom. The molecule has 3 unspecified atom stereocenters. The molecule has 0 spiro atoms. The molecule has 3 rings (SSSR count). The third kappa shape index (κ3) is 2.53. The summed E-state index contributed by atoms with van der Waals surface area (Å²) in [6.45, 7) is 1.96. The van der Waals surface area contributed by atoms with Crippen molar-refractivity contribution >= 4 is 46.1 Å². The van der Waals surface area contributed by atoms with Gasteiger partial charge in [-0.3, -0.25) is 0 Å². The van der Waals surface area contributed by atoms with Crippen LogP contribution < -0.4 is 0 Å². The van der Waals surface area contributed by atoms with Gasteiger partial charge in [0.1, 0.15) is 11.3 Å². The predicted molar refractivity (Wildman–Crippen MR) is 87.0 cm³/mol. The van der Waals surface area contributed by atoms with Gasteiger partial charge in [-0.2, -0.15) is 11.8 Å². The van der Waals surface area contributed by atoms with Gasteiger partial charge in [-0.25, -0.2) is 9.97 Å². The van der Waals surface area contributed by atoms with E-state index in [0.29, 0.717) is 11.1 Å². The Morgan fingerprint density at radius 1 is 1.45 bits per heavy atom. The summed E-state index contributed by atoms with van der Waals surface area (Å²) in [5.41, 5.74) is 1.75. The Bertz CT molecular complexity index is 626. The fraction of sp³-hybridized carbons (Fsp3) is 0.571. The number of thioether (sulfide) groups is 1. The maximum atomic E-state index is 6.32. The Balaban J connectivity index is 2.10. The second kappa shape index (κ2) is 5.74. The van der Waals surface area contributed by atoms with E-state index in [0.717, 1.165) is 35.1 Å². The third-order valence-electron chi connectivity index (χ3n) is 3.93. The average Bonchev–Trinajstić information content (AvgIpc) is 3.00. The molecular weight excluding hydrogens is 313 g/mol. The van der Waals surface area contributed by atoms with E-state index in [1.165, 1.54) is 6.42 Å². The molecule has 20 heavy (non-hydrogen) atoms. The monoisotopic (exact) mass is 329 g/mol. The van der Waals surface area contributed by atoms with Gasteiger partial charge >= 0.3 is 0 Å². The first-order chi connectivity index (χ1) is 9.60. The minimum absolute atomic E-state index is 0.128. The van der Waals surface area contributed by atoms with E-state index in [-0.39, 0.29) is 5.38 Å². The zero-order chi connectivity index (χ0) is 14.3. The SMILES string of the molecule is CSC1CCC(n2c(C(C)Cl)nc3cc(Cl)cnc32)C1. The van der Waals surface area contributed by atoms with Crippen molar-refractivity contribution in [3.8, 4) is 0 Å². The van der Waals surface area contributed by atoms with Crippen LogP contribution in [0.25, 0.3) is 11.2 Å². The van der Waals surface area contributed by atoms with Crippen LogP contribution in [0.5, 0.6) is 0 Å². The van der Waals surface area contributed by atoms with Gasteiger partial charge in [0.05, 0.1) is 10.4 Å². The first kappa shape index (κ1) is 14.5. The number of alkyl halides is 1. The molecule has 2 aromatic rings. The number of nitrogens with zero attached hydrogens (tertiary/aromatic N) is 3. The lowest BCUT2D eigenvalue weighted by atomic mass is 10.2. The molecule has 3 atom stereocenters. The molecule has 0 N–H and O–H groups in total. The van der Waals surface area contributed by atoms with Crippen LogP contribution in [0.3, 0.4) is 0 Å². The zero-order valence-electron chi connectivity index (χ0n) is 11.5. The molecule has 108 valence electrons. The smallest absolute Gasteiger partial charge is 0.160 e. The van der Waals surface area contributed by atoms with E-state index >= 15 is 0 Å². The maximum Gasteiger partial charge on any atom is 0.160 e. The van der Waals surface area contributed by atoms with Crippen LogP contribution in [0, 0.1) is 0 Å². The number of fused-ring (bicyclic) bond motifs is 1. The van der Waals surface area contributed by atoms with Crippen molar-refractivity contribution in [3.05, 3.63) is 23.1 Å². The van der Waals surface area contributed by atoms with Crippen LogP contribution in [0.4, 0.5) is 0 Å². The molecule has 0 bridgehead atoms. The van der Waals surface area contributed by atoms with Gasteiger partial charge in [0.2, 0.25) is 0 Å². The molecule has 0 aromatic carbocycles. The van der Waals surface area contributed by atoms with Gasteiger partial charge in [0, 0.05) is 17.5 Å². The topological polar surface area (TPSA) is 30.7 Å². The third-order valence-corrected chi connectivity index (χ3v) is 5.43. The maximum absolute atomic E-state index is 6.32. The van der Waals surface area contributed by atoms with E-state index in [9.17, 15) is 0 Å². The summed E-state index contributed by atoms with van der Waals surface area (Å²) in [7, 11) is 0. The van der Waals surface area contributed by atoms with Gasteiger partial charge < -0.3 is 4.57 Å². The van der Waals surface area contributed by atoms with Gasteiger partial charge in [-0.15, -0.1) is 11.6 Å². The first-order valence-corrected chi connectivity index (χ1v) is 8.90. The number of halogens is 2. The summed E-state index contributed by atoms with van der Waals surface area (Å²) >= 11 is 14.3. The number of pyridine rings is 1. The molecule has 2 heterocycles. The Hall–Kier alpha value is -0.450. The highest BCUT2D eigenvalue weighted by Crippen LogP contribution is 2.39. The first-order valence-electron chi connectivity index (χ1n) is 6.80. The predicted octanol–water partition coefficient (Wildman–Crippen LogP) is 4.84. The molecule has 1 aliphatic rings. The molecule has 0 saturated heterocycles. The lowest BCUT2D eigenvalue weighted by Crippen LogP contribution is -2.11. The average molecular weight is 330 g/mol. The molecule has 3 nitrogen and oxygen atoms in total. The van der Waals surface area contributed by atoms with Crippen molar-refractivity contribution in [2.75, 3.05) is 6.26 Å². The van der Waals surface area contributed by atoms with Crippen LogP contribution in [-0.4, -0.2) is 26.0 Å². The van der Waals surface area contributed by atoms with E-state index in [4.69, 9.17) is 23.2 Å². The lowest BCUT2D eigenvalue weighted by molar-refractivity contribution is 0.508. The van der Waals surface area contributed by atoms with Crippen LogP contribution in [0.15, 0.2) is 12.3 Å². The van der Waals surface area contributed by atoms with E-state index in [1.54, 1.807) is 6.20 Å². The van der Waals surface area contributed by atoms with E-state index < -0.39 is 0 Å². The molecule has 6 heteroatoms. The van der Waals surface area contributed by atoms with Crippen LogP contribution in [-0.2, 0) is 0 Å². The number of hydrogen-bond donors (Lipinski definition) is 0. The molecule has 1 fully saturated rings. The van der Waals surface area contributed by atoms with E-state index in [1.807, 2.05) is 24.8 Å². The number of imidazole rings is 1. The van der Waals surface area contributed by atoms with Crippen molar-refractivity contribution in [2.24, 2.45) is 0 Å². The van der Waals surface area contributed by atoms with Crippen molar-refractivity contribution in [1.29, 1.82) is 0 Å². The summed E-state index contributed by atoms with van der Waals surface area (Å²) in [5.74, 6) is 0.906. The molecule has 0 radical (unpaired) electrons. The largest absolute Gasteiger partial charge is 0.308 e. The summed E-state index contributed by atoms with van der Waals surface area (Å²) in [6.07, 6.45) is 7.44. The normalized spacial score (nSPS) is 24.4. The molecular formula is C14H17Cl2N3S. The van der Waals surface area contributed by atoms with Crippen molar-refractivity contribution in [1.82, 2.24) is 14.5 Å². The number of aromatic nitrogens is 3. The number of hydrogen-bond acceptors (Lipinski definition) is 3. The lowest BCUT2D eigenvalue weighted by Gasteiger charge is -2.17. The Kier molecular flexibility index (Phi) is 4.16. The number of rotatable bonds is 3. The summed E-state index contributed by atoms with van der Waals surface area (Å²) < 4.78 is 2.24. The summed E-state index contributed by atoms with van der Waals surface area (Å²) in [6, 6.07) is 2.31. The molecule has 1 saturated carbocycles. The molecule has 0 amide bonds. The Morgan fingerprint density at radius 2 is 2.25 bits per heavy atom. The Labute approximate surface area is 133 Å². The fourth-order valence-electron chi connectivity index (χ4n) is 2.98. The molecule has 2 aromatic heterocycles. The van der Waals surface area contributed by atoms with Crippen LogP contribution in [0.1, 0.15) is 43.4 Å². The standard InChI is InChI=1S/C14H17Cl2N3S/c1-8(15)13-18-12-5-9(16)7-17-14(12)19(13)10-3-4-11(6-10)20-2/h5,7-8,10-11H,3-4,6H2,1-2H3. The van der Waals surface area contributed by atoms with Crippen LogP contribution >= 0.6 is 35.0 Å². The highest BCUT2D eigenvalue weighted by atomic mass is 35.5. The van der Waals surface area contributed by atoms with Gasteiger partial charge in [-0.1, -0.05) is 11.6 Å². The minimum atomic E-state index is -0.128. The highest BCUT2D eigenvalue weighted by molar-refractivity contribution is 7.99.